The van der Waals surface area contributed by atoms with Crippen LogP contribution < -0.4 is 4.72 Å². The first-order valence-corrected chi connectivity index (χ1v) is 7.08. The number of nitrogens with one attached hydrogen (secondary N) is 1. The largest absolute Gasteiger partial charge is 0.480 e. The van der Waals surface area contributed by atoms with Crippen LogP contribution in [0.5, 0.6) is 0 Å². The zero-order chi connectivity index (χ0) is 13.9. The van der Waals surface area contributed by atoms with Crippen molar-refractivity contribution in [1.29, 1.82) is 0 Å². The first kappa shape index (κ1) is 14.9. The Bertz CT molecular complexity index is 521. The van der Waals surface area contributed by atoms with Crippen molar-refractivity contribution >= 4 is 27.6 Å². The van der Waals surface area contributed by atoms with E-state index >= 15 is 0 Å². The van der Waals surface area contributed by atoms with Crippen molar-refractivity contribution in [2.45, 2.75) is 30.8 Å². The maximum absolute atomic E-state index is 12.0. The number of aliphatic carboxylic acids is 1. The molecule has 0 spiro atoms. The van der Waals surface area contributed by atoms with Crippen LogP contribution in [-0.4, -0.2) is 35.3 Å². The van der Waals surface area contributed by atoms with Gasteiger partial charge in [-0.25, -0.2) is 8.42 Å². The molecule has 1 atom stereocenters. The van der Waals surface area contributed by atoms with Gasteiger partial charge in [0.2, 0.25) is 0 Å². The van der Waals surface area contributed by atoms with Crippen LogP contribution in [0.15, 0.2) is 11.2 Å². The number of carboxylic acid groups (broad SMARTS) is 1. The summed E-state index contributed by atoms with van der Waals surface area (Å²) in [6.07, 6.45) is 1.92. The molecule has 9 heteroatoms. The van der Waals surface area contributed by atoms with Crippen molar-refractivity contribution in [1.82, 2.24) is 14.5 Å². The number of hydrogen-bond donors (Lipinski definition) is 2. The van der Waals surface area contributed by atoms with Gasteiger partial charge in [0.1, 0.15) is 6.04 Å². The topological polar surface area (TPSA) is 101 Å². The van der Waals surface area contributed by atoms with Crippen LogP contribution >= 0.6 is 11.6 Å². The maximum atomic E-state index is 12.0. The number of aryl methyl sites for hydroxylation is 1. The predicted octanol–water partition coefficient (Wildman–Crippen LogP) is 0.605. The molecule has 18 heavy (non-hydrogen) atoms. The molecule has 0 fully saturated rings. The number of carboxylic acids is 1. The summed E-state index contributed by atoms with van der Waals surface area (Å²) < 4.78 is 27.2. The van der Waals surface area contributed by atoms with E-state index in [0.717, 1.165) is 4.68 Å². The Morgan fingerprint density at radius 1 is 1.67 bits per heavy atom. The van der Waals surface area contributed by atoms with Gasteiger partial charge in [-0.2, -0.15) is 9.82 Å². The fraction of sp³-hybridized carbons (Fsp3) is 0.556. The molecule has 2 N–H and O–H groups in total. The monoisotopic (exact) mass is 295 g/mol. The molecule has 0 unspecified atom stereocenters. The smallest absolute Gasteiger partial charge is 0.321 e. The molecule has 0 amide bonds. The molecular formula is C9H14ClN3O4S. The first-order valence-electron chi connectivity index (χ1n) is 5.22. The summed E-state index contributed by atoms with van der Waals surface area (Å²) in [4.78, 5) is 10.9. The highest BCUT2D eigenvalue weighted by Gasteiger charge is 2.28. The molecule has 0 saturated heterocycles. The Labute approximate surface area is 110 Å². The van der Waals surface area contributed by atoms with E-state index in [2.05, 4.69) is 9.82 Å². The summed E-state index contributed by atoms with van der Waals surface area (Å²) in [6, 6.07) is -1.18. The van der Waals surface area contributed by atoms with Crippen LogP contribution in [0.1, 0.15) is 19.8 Å². The van der Waals surface area contributed by atoms with Gasteiger partial charge in [0.05, 0.1) is 11.2 Å². The number of carbonyl (C=O) groups is 1. The minimum Gasteiger partial charge on any atom is -0.480 e. The Morgan fingerprint density at radius 3 is 2.67 bits per heavy atom. The summed E-state index contributed by atoms with van der Waals surface area (Å²) in [5, 5.41) is 12.3. The molecule has 0 saturated carbocycles. The lowest BCUT2D eigenvalue weighted by Crippen LogP contribution is -2.41. The van der Waals surface area contributed by atoms with Crippen LogP contribution in [0.4, 0.5) is 0 Å². The molecule has 1 aromatic heterocycles. The Balaban J connectivity index is 3.05. The SMILES string of the molecule is CCC[C@H](NS(=O)(=O)c1c(Cl)cnn1C)C(=O)O. The van der Waals surface area contributed by atoms with Crippen LogP contribution in [0, 0.1) is 0 Å². The van der Waals surface area contributed by atoms with Crippen molar-refractivity contribution in [2.75, 3.05) is 0 Å². The number of halogens is 1. The van der Waals surface area contributed by atoms with Gasteiger partial charge in [-0.3, -0.25) is 9.48 Å². The molecule has 1 rings (SSSR count). The zero-order valence-corrected chi connectivity index (χ0v) is 11.5. The van der Waals surface area contributed by atoms with Crippen molar-refractivity contribution < 1.29 is 18.3 Å². The van der Waals surface area contributed by atoms with Crippen LogP contribution in [0.25, 0.3) is 0 Å². The standard InChI is InChI=1S/C9H14ClN3O4S/c1-3-4-7(9(14)15)12-18(16,17)8-6(10)5-11-13(8)2/h5,7,12H,3-4H2,1-2H3,(H,14,15)/t7-/m0/s1. The lowest BCUT2D eigenvalue weighted by atomic mass is 10.2. The Morgan fingerprint density at radius 2 is 2.28 bits per heavy atom. The molecule has 7 nitrogen and oxygen atoms in total. The van der Waals surface area contributed by atoms with Gasteiger partial charge in [0.25, 0.3) is 10.0 Å². The minimum atomic E-state index is -4.01. The molecule has 0 aliphatic heterocycles. The summed E-state index contributed by atoms with van der Waals surface area (Å²) in [5.74, 6) is -1.22. The number of sulfonamides is 1. The van der Waals surface area contributed by atoms with Gasteiger partial charge in [0, 0.05) is 7.05 Å². The average Bonchev–Trinajstić information content (AvgIpc) is 2.58. The van der Waals surface area contributed by atoms with E-state index in [1.54, 1.807) is 6.92 Å². The fourth-order valence-corrected chi connectivity index (χ4v) is 3.35. The maximum Gasteiger partial charge on any atom is 0.321 e. The third kappa shape index (κ3) is 3.21. The third-order valence-electron chi connectivity index (χ3n) is 2.27. The molecule has 0 bridgehead atoms. The lowest BCUT2D eigenvalue weighted by Gasteiger charge is -2.14. The van der Waals surface area contributed by atoms with Gasteiger partial charge in [-0.1, -0.05) is 24.9 Å². The highest BCUT2D eigenvalue weighted by Crippen LogP contribution is 2.20. The molecule has 1 heterocycles. The predicted molar refractivity (Wildman–Crippen MR) is 64.9 cm³/mol. The van der Waals surface area contributed by atoms with Crippen LogP contribution in [0.2, 0.25) is 5.02 Å². The van der Waals surface area contributed by atoms with Crippen molar-refractivity contribution in [2.24, 2.45) is 7.05 Å². The zero-order valence-electron chi connectivity index (χ0n) is 9.92. The molecule has 0 aromatic carbocycles. The molecule has 102 valence electrons. The van der Waals surface area contributed by atoms with Gasteiger partial charge < -0.3 is 5.11 Å². The van der Waals surface area contributed by atoms with Crippen LogP contribution in [-0.2, 0) is 21.9 Å². The second-order valence-corrected chi connectivity index (χ2v) is 5.76. The summed E-state index contributed by atoms with van der Waals surface area (Å²) in [7, 11) is -2.59. The van der Waals surface area contributed by atoms with Gasteiger partial charge in [-0.05, 0) is 6.42 Å². The first-order chi connectivity index (χ1) is 8.29. The van der Waals surface area contributed by atoms with E-state index in [9.17, 15) is 13.2 Å². The number of nitrogens with zero attached hydrogens (tertiary/aromatic N) is 2. The van der Waals surface area contributed by atoms with E-state index in [-0.39, 0.29) is 16.5 Å². The molecular weight excluding hydrogens is 282 g/mol. The van der Waals surface area contributed by atoms with Gasteiger partial charge in [-0.15, -0.1) is 0 Å². The second kappa shape index (κ2) is 5.68. The minimum absolute atomic E-state index is 0.0503. The summed E-state index contributed by atoms with van der Waals surface area (Å²) in [5.41, 5.74) is 0. The Kier molecular flexibility index (Phi) is 4.71. The Hall–Kier alpha value is -1.12. The molecule has 0 aliphatic carbocycles. The van der Waals surface area contributed by atoms with E-state index in [4.69, 9.17) is 16.7 Å². The quantitative estimate of drug-likeness (QED) is 0.800. The average molecular weight is 296 g/mol. The summed E-state index contributed by atoms with van der Waals surface area (Å²) >= 11 is 5.72. The normalized spacial score (nSPS) is 13.5. The summed E-state index contributed by atoms with van der Waals surface area (Å²) in [6.45, 7) is 1.77. The van der Waals surface area contributed by atoms with Crippen molar-refractivity contribution in [3.63, 3.8) is 0 Å². The molecule has 1 aromatic rings. The molecule has 0 radical (unpaired) electrons. The fourth-order valence-electron chi connectivity index (χ4n) is 1.47. The highest BCUT2D eigenvalue weighted by molar-refractivity contribution is 7.89. The van der Waals surface area contributed by atoms with Gasteiger partial charge >= 0.3 is 5.97 Å². The van der Waals surface area contributed by atoms with E-state index in [1.165, 1.54) is 13.2 Å². The van der Waals surface area contributed by atoms with Crippen molar-refractivity contribution in [3.05, 3.63) is 11.2 Å². The van der Waals surface area contributed by atoms with E-state index < -0.39 is 22.0 Å². The van der Waals surface area contributed by atoms with Gasteiger partial charge in [0.15, 0.2) is 5.03 Å². The second-order valence-electron chi connectivity index (χ2n) is 3.72. The lowest BCUT2D eigenvalue weighted by molar-refractivity contribution is -0.139. The van der Waals surface area contributed by atoms with Crippen LogP contribution in [0.3, 0.4) is 0 Å². The number of rotatable bonds is 6. The number of aromatic nitrogens is 2. The van der Waals surface area contributed by atoms with Crippen molar-refractivity contribution in [3.8, 4) is 0 Å². The van der Waals surface area contributed by atoms with E-state index in [0.29, 0.717) is 6.42 Å². The highest BCUT2D eigenvalue weighted by atomic mass is 35.5. The number of hydrogen-bond acceptors (Lipinski definition) is 4. The van der Waals surface area contributed by atoms with E-state index in [1.807, 2.05) is 0 Å². The third-order valence-corrected chi connectivity index (χ3v) is 4.25. The molecule has 0 aliphatic rings.